The number of hydrogen-bond acceptors (Lipinski definition) is 8. The molecule has 1 aromatic rings. The third-order valence-corrected chi connectivity index (χ3v) is 22.2. The molecule has 8 nitrogen and oxygen atoms in total. The van der Waals surface area contributed by atoms with Crippen molar-refractivity contribution >= 4 is 11.6 Å². The zero-order chi connectivity index (χ0) is 86.1. The Kier molecular flexibility index (Phi) is 51.0. The number of aryl methyl sites for hydroxylation is 1. The van der Waals surface area contributed by atoms with Crippen LogP contribution in [0.2, 0.25) is 0 Å². The van der Waals surface area contributed by atoms with Crippen LogP contribution in [0.3, 0.4) is 0 Å². The normalized spacial score (nSPS) is 17.4. The molecule has 4 rings (SSSR count). The van der Waals surface area contributed by atoms with E-state index in [1.807, 2.05) is 0 Å². The first-order valence-corrected chi connectivity index (χ1v) is 43.0. The number of aliphatic hydroxyl groups excluding tert-OH is 2. The van der Waals surface area contributed by atoms with Gasteiger partial charge in [-0.15, -0.1) is 0 Å². The zero-order valence-electron chi connectivity index (χ0n) is 76.9. The number of methoxy groups -OCH3 is 2. The fourth-order valence-corrected chi connectivity index (χ4v) is 14.4. The quantitative estimate of drug-likeness (QED) is 0.0335. The monoisotopic (exact) mass is 1570 g/mol. The van der Waals surface area contributed by atoms with Crippen molar-refractivity contribution in [3.05, 3.63) is 292 Å². The van der Waals surface area contributed by atoms with E-state index in [0.717, 1.165) is 96.3 Å². The van der Waals surface area contributed by atoms with E-state index in [2.05, 4.69) is 296 Å². The minimum Gasteiger partial charge on any atom is -0.506 e. The molecule has 0 aliphatic heterocycles. The van der Waals surface area contributed by atoms with Crippen molar-refractivity contribution in [1.29, 1.82) is 0 Å². The third-order valence-electron chi connectivity index (χ3n) is 22.2. The van der Waals surface area contributed by atoms with Crippen molar-refractivity contribution in [3.63, 3.8) is 0 Å². The minimum absolute atomic E-state index is 0.00667. The number of rotatable bonds is 43. The van der Waals surface area contributed by atoms with Gasteiger partial charge in [0.2, 0.25) is 23.1 Å². The number of pyridine rings is 1. The first-order valence-electron chi connectivity index (χ1n) is 43.0. The van der Waals surface area contributed by atoms with Crippen LogP contribution < -0.4 is 0 Å². The smallest absolute Gasteiger partial charge is 0.228 e. The van der Waals surface area contributed by atoms with Crippen molar-refractivity contribution in [2.24, 2.45) is 10.8 Å². The molecule has 0 atom stereocenters. The Hall–Kier alpha value is -8.17. The van der Waals surface area contributed by atoms with Crippen LogP contribution in [0.15, 0.2) is 275 Å². The highest BCUT2D eigenvalue weighted by Gasteiger charge is 2.34. The van der Waals surface area contributed by atoms with Gasteiger partial charge in [0.25, 0.3) is 0 Å². The highest BCUT2D eigenvalue weighted by molar-refractivity contribution is 6.23. The molecule has 1 heterocycles. The number of aromatic nitrogens is 1. The van der Waals surface area contributed by atoms with Crippen LogP contribution in [-0.2, 0) is 32.3 Å². The van der Waals surface area contributed by atoms with Gasteiger partial charge in [0.1, 0.15) is 5.75 Å². The molecule has 0 saturated carbocycles. The predicted octanol–water partition coefficient (Wildman–Crippen LogP) is 30.5. The number of nitrogens with zero attached hydrogens (tertiary/aromatic N) is 1. The molecule has 8 heteroatoms. The van der Waals surface area contributed by atoms with Crippen LogP contribution in [-0.4, -0.2) is 46.1 Å². The van der Waals surface area contributed by atoms with E-state index < -0.39 is 0 Å². The summed E-state index contributed by atoms with van der Waals surface area (Å²) in [4.78, 5) is 29.4. The molecule has 115 heavy (non-hydrogen) atoms. The summed E-state index contributed by atoms with van der Waals surface area (Å²) in [5.41, 5.74) is 28.5. The Balaban J connectivity index is 0.000000725. The second-order valence-corrected chi connectivity index (χ2v) is 34.4. The maximum atomic E-state index is 12.9. The molecular formula is C107H157NO7. The maximum absolute atomic E-state index is 12.9. The van der Waals surface area contributed by atoms with E-state index in [0.29, 0.717) is 45.2 Å². The van der Waals surface area contributed by atoms with Crippen molar-refractivity contribution in [2.75, 3.05) is 14.2 Å². The summed E-state index contributed by atoms with van der Waals surface area (Å²) >= 11 is 0. The van der Waals surface area contributed by atoms with Gasteiger partial charge in [0.15, 0.2) is 0 Å². The van der Waals surface area contributed by atoms with Crippen molar-refractivity contribution in [2.45, 2.75) is 333 Å². The Labute approximate surface area is 702 Å². The molecule has 0 spiro atoms. The number of ketones is 2. The highest BCUT2D eigenvalue weighted by Crippen LogP contribution is 2.42. The summed E-state index contributed by atoms with van der Waals surface area (Å²) in [5.74, 6) is -0.610. The number of carbonyl (C=O) groups is 2. The Morgan fingerprint density at radius 1 is 0.417 bits per heavy atom. The second kappa shape index (κ2) is 57.0. The van der Waals surface area contributed by atoms with Crippen LogP contribution in [0.5, 0.6) is 5.75 Å². The predicted molar refractivity (Wildman–Crippen MR) is 499 cm³/mol. The molecule has 3 N–H and O–H groups in total. The van der Waals surface area contributed by atoms with E-state index in [9.17, 15) is 14.7 Å². The van der Waals surface area contributed by atoms with E-state index in [-0.39, 0.29) is 42.0 Å². The summed E-state index contributed by atoms with van der Waals surface area (Å²) < 4.78 is 10.3. The Morgan fingerprint density at radius 2 is 0.722 bits per heavy atom. The number of aromatic hydroxyl groups is 1. The lowest BCUT2D eigenvalue weighted by Crippen LogP contribution is -2.24. The van der Waals surface area contributed by atoms with Gasteiger partial charge in [0, 0.05) is 28.5 Å². The zero-order valence-corrected chi connectivity index (χ0v) is 76.9. The molecule has 0 radical (unpaired) electrons. The number of allylic oxidation sites excluding steroid dienone is 44. The van der Waals surface area contributed by atoms with Crippen molar-refractivity contribution in [3.8, 4) is 5.75 Å². The van der Waals surface area contributed by atoms with Gasteiger partial charge in [-0.1, -0.05) is 263 Å². The fourth-order valence-electron chi connectivity index (χ4n) is 14.4. The van der Waals surface area contributed by atoms with Gasteiger partial charge in [-0.05, 0) is 314 Å². The lowest BCUT2D eigenvalue weighted by Gasteiger charge is -2.33. The third kappa shape index (κ3) is 43.0. The molecule has 0 bridgehead atoms. The lowest BCUT2D eigenvalue weighted by atomic mass is 9.72. The molecular weight excluding hydrogens is 1410 g/mol. The van der Waals surface area contributed by atoms with Gasteiger partial charge in [-0.25, -0.2) is 0 Å². The first-order chi connectivity index (χ1) is 54.5. The number of Topliss-reactive ketones (excluding diaryl/α,β-unsaturated/α-hetero) is 2. The van der Waals surface area contributed by atoms with E-state index in [4.69, 9.17) is 19.7 Å². The maximum Gasteiger partial charge on any atom is 0.228 e. The average molecular weight is 1570 g/mol. The fraction of sp³-hybridized carbons (Fsp3) is 0.505. The van der Waals surface area contributed by atoms with E-state index in [1.54, 1.807) is 25.0 Å². The van der Waals surface area contributed by atoms with Gasteiger partial charge in [-0.3, -0.25) is 14.6 Å². The van der Waals surface area contributed by atoms with Crippen molar-refractivity contribution < 1.29 is 34.4 Å². The largest absolute Gasteiger partial charge is 0.506 e. The number of hydrogen-bond donors (Lipinski definition) is 3. The molecule has 0 aromatic carbocycles. The summed E-state index contributed by atoms with van der Waals surface area (Å²) in [6.45, 7) is 50.2. The Bertz CT molecular complexity index is 3980. The van der Waals surface area contributed by atoms with Crippen molar-refractivity contribution in [1.82, 2.24) is 4.98 Å². The van der Waals surface area contributed by atoms with E-state index >= 15 is 0 Å². The lowest BCUT2D eigenvalue weighted by molar-refractivity contribution is -0.121. The minimum atomic E-state index is -0.287. The SMILES string of the molecule is CC1=C(/C=C/C(C)=C/C=C/C(C)=C/C=C/C=C(C)/C=C/C=C(C)/C=C/C2=C(C)CCCC2(C)C)C(C)(C)CCC1.COC1=C(OC)C(=O)C(C/C=C(\C)CC/C=C(\C)CC/C=C(\C)CC/C=C(\C)CC/C=C(\C)CC/C=C(\C)CC/C=C(\C)CC/C=C(\C)CC/C=C(\C)CCC=C(C)C)=C(C)C1=O.Cc1ncc(CO)c(CO)c1O. The molecule has 0 amide bonds. The summed E-state index contributed by atoms with van der Waals surface area (Å²) in [6.07, 6.45) is 84.1. The average Bonchev–Trinajstić information content (AvgIpc) is 0.797. The summed E-state index contributed by atoms with van der Waals surface area (Å²) in [5, 5.41) is 27.0. The topological polar surface area (TPSA) is 126 Å². The molecule has 0 saturated heterocycles. The van der Waals surface area contributed by atoms with Gasteiger partial charge in [0.05, 0.1) is 33.1 Å². The Morgan fingerprint density at radius 3 is 1.03 bits per heavy atom. The number of carbonyl (C=O) groups excluding carboxylic acids is 2. The second-order valence-electron chi connectivity index (χ2n) is 34.4. The first kappa shape index (κ1) is 103. The summed E-state index contributed by atoms with van der Waals surface area (Å²) in [6, 6.07) is 0. The van der Waals surface area contributed by atoms with Crippen LogP contribution in [0.1, 0.15) is 330 Å². The van der Waals surface area contributed by atoms with Crippen LogP contribution in [0, 0.1) is 17.8 Å². The van der Waals surface area contributed by atoms with Gasteiger partial charge in [-0.2, -0.15) is 0 Å². The molecule has 632 valence electrons. The van der Waals surface area contributed by atoms with E-state index in [1.165, 1.54) is 167 Å². The molecule has 0 unspecified atom stereocenters. The standard InChI is InChI=1S/C59H90O4.C40H56.C8H11NO3/c1-44(2)24-15-25-45(3)26-16-27-46(4)28-17-29-47(5)30-18-31-48(6)32-19-33-49(7)34-20-35-50(8)36-21-37-51(9)38-22-39-52(10)40-23-41-53(11)42-43-55-54(12)56(60)58(62-13)59(63-14)57(55)61;1-31(19-13-21-33(3)25-27-37-35(5)23-15-29-39(37,7)8)17-11-12-18-32(2)20-14-22-34(4)26-28-38-36(6)24-16-30-40(38,9)10;1-5-8(12)7(4-11)6(3-10)2-9-5/h24,26,28,30,32,34,36,38,40,42H,15-23,25,27,29,31,33,35,37,39,41,43H2,1-14H3;11-14,17-22,25-28H,15-16,23-24,29-30H2,1-10H3;2,10-12H,3-4H2,1H3/b45-26+,46-28+,47-30+,48-32+,49-34+,50-36+,51-38+,52-40+,53-42+;12-11+,19-13+,20-14+,27-25+,28-26+,31-17+,32-18+,33-21+,34-22+;. The van der Waals surface area contributed by atoms with Crippen LogP contribution in [0.25, 0.3) is 0 Å². The van der Waals surface area contributed by atoms with Gasteiger partial charge < -0.3 is 24.8 Å². The highest BCUT2D eigenvalue weighted by atomic mass is 16.5. The number of aliphatic hydroxyl groups is 2. The van der Waals surface area contributed by atoms with Crippen LogP contribution >= 0.6 is 0 Å². The number of ether oxygens (including phenoxy) is 2. The van der Waals surface area contributed by atoms with Gasteiger partial charge >= 0.3 is 0 Å². The molecule has 0 fully saturated rings. The summed E-state index contributed by atoms with van der Waals surface area (Å²) in [7, 11) is 2.78. The molecule has 3 aliphatic rings. The van der Waals surface area contributed by atoms with Crippen LogP contribution in [0.4, 0.5) is 0 Å². The molecule has 3 aliphatic carbocycles. The molecule has 1 aromatic heterocycles.